The van der Waals surface area contributed by atoms with E-state index >= 15 is 0 Å². The third-order valence-corrected chi connectivity index (χ3v) is 7.07. The molecule has 3 heterocycles. The Labute approximate surface area is 194 Å². The number of benzene rings is 2. The summed E-state index contributed by atoms with van der Waals surface area (Å²) in [6.07, 6.45) is 2.46. The summed E-state index contributed by atoms with van der Waals surface area (Å²) in [5.41, 5.74) is 3.87. The first-order valence-corrected chi connectivity index (χ1v) is 11.5. The summed E-state index contributed by atoms with van der Waals surface area (Å²) in [6, 6.07) is 10.6. The Kier molecular flexibility index (Phi) is 5.31. The molecule has 6 nitrogen and oxygen atoms in total. The molecule has 0 saturated heterocycles. The molecule has 2 aliphatic heterocycles. The summed E-state index contributed by atoms with van der Waals surface area (Å²) in [4.78, 5) is 22.9. The normalized spacial score (nSPS) is 17.0. The molecule has 2 aromatic carbocycles. The standard InChI is InChI=1S/C23H21ClFN5OS/c1-23(2)30(19-17(24)4-3-5-18(19)25)21(31)16-12-27-22(29-20(16)32-23)28-15-7-6-14-11-26-9-8-13(14)10-15/h3-7,10,12,26H,8-9,11H2,1-2H3,(H,27,28,29). The molecule has 2 aliphatic rings. The zero-order valence-corrected chi connectivity index (χ0v) is 19.1. The quantitative estimate of drug-likeness (QED) is 0.517. The molecule has 0 atom stereocenters. The van der Waals surface area contributed by atoms with E-state index in [1.807, 2.05) is 19.9 Å². The van der Waals surface area contributed by atoms with Gasteiger partial charge in [0.05, 0.1) is 21.1 Å². The van der Waals surface area contributed by atoms with Gasteiger partial charge in [-0.15, -0.1) is 0 Å². The van der Waals surface area contributed by atoms with Crippen LogP contribution in [0.2, 0.25) is 5.02 Å². The number of thioether (sulfide) groups is 1. The Hall–Kier alpha value is -2.68. The number of hydrogen-bond donors (Lipinski definition) is 2. The number of nitrogens with zero attached hydrogens (tertiary/aromatic N) is 3. The summed E-state index contributed by atoms with van der Waals surface area (Å²) >= 11 is 7.63. The molecule has 0 aliphatic carbocycles. The van der Waals surface area contributed by atoms with Gasteiger partial charge in [-0.1, -0.05) is 35.5 Å². The van der Waals surface area contributed by atoms with Crippen LogP contribution in [-0.2, 0) is 13.0 Å². The van der Waals surface area contributed by atoms with Gasteiger partial charge in [0.15, 0.2) is 0 Å². The van der Waals surface area contributed by atoms with Crippen molar-refractivity contribution in [3.8, 4) is 0 Å². The number of amides is 1. The van der Waals surface area contributed by atoms with Gasteiger partial charge >= 0.3 is 0 Å². The van der Waals surface area contributed by atoms with Crippen LogP contribution in [0.1, 0.15) is 35.3 Å². The molecule has 0 bridgehead atoms. The minimum Gasteiger partial charge on any atom is -0.324 e. The van der Waals surface area contributed by atoms with Gasteiger partial charge in [0, 0.05) is 18.4 Å². The number of anilines is 3. The molecule has 0 radical (unpaired) electrons. The molecule has 32 heavy (non-hydrogen) atoms. The molecule has 9 heteroatoms. The van der Waals surface area contributed by atoms with Gasteiger partial charge in [-0.05, 0) is 62.2 Å². The van der Waals surface area contributed by atoms with E-state index in [2.05, 4.69) is 32.7 Å². The fourth-order valence-electron chi connectivity index (χ4n) is 4.06. The Morgan fingerprint density at radius 1 is 1.25 bits per heavy atom. The van der Waals surface area contributed by atoms with Gasteiger partial charge in [-0.2, -0.15) is 0 Å². The van der Waals surface area contributed by atoms with Crippen molar-refractivity contribution in [3.05, 3.63) is 70.1 Å². The van der Waals surface area contributed by atoms with Gasteiger partial charge in [0.2, 0.25) is 5.95 Å². The van der Waals surface area contributed by atoms with Crippen molar-refractivity contribution in [3.63, 3.8) is 0 Å². The van der Waals surface area contributed by atoms with Crippen LogP contribution in [-0.4, -0.2) is 27.3 Å². The third-order valence-electron chi connectivity index (χ3n) is 5.58. The number of nitrogens with one attached hydrogen (secondary N) is 2. The number of aromatic nitrogens is 2. The van der Waals surface area contributed by atoms with E-state index in [9.17, 15) is 9.18 Å². The van der Waals surface area contributed by atoms with Crippen LogP contribution in [0.4, 0.5) is 21.7 Å². The predicted octanol–water partition coefficient (Wildman–Crippen LogP) is 5.15. The van der Waals surface area contributed by atoms with Gasteiger partial charge in [0.25, 0.3) is 5.91 Å². The second-order valence-corrected chi connectivity index (χ2v) is 10.2. The summed E-state index contributed by atoms with van der Waals surface area (Å²) in [5, 5.41) is 7.33. The first-order valence-electron chi connectivity index (χ1n) is 10.3. The van der Waals surface area contributed by atoms with E-state index in [1.54, 1.807) is 6.07 Å². The highest BCUT2D eigenvalue weighted by Crippen LogP contribution is 2.46. The zero-order valence-electron chi connectivity index (χ0n) is 17.6. The number of para-hydroxylation sites is 1. The van der Waals surface area contributed by atoms with Crippen molar-refractivity contribution in [1.29, 1.82) is 0 Å². The van der Waals surface area contributed by atoms with Crippen LogP contribution >= 0.6 is 23.4 Å². The second-order valence-electron chi connectivity index (χ2n) is 8.21. The lowest BCUT2D eigenvalue weighted by atomic mass is 10.0. The minimum atomic E-state index is -0.805. The zero-order chi connectivity index (χ0) is 22.5. The lowest BCUT2D eigenvalue weighted by Crippen LogP contribution is -2.49. The average molecular weight is 470 g/mol. The topological polar surface area (TPSA) is 70.1 Å². The fourth-order valence-corrected chi connectivity index (χ4v) is 5.42. The van der Waals surface area contributed by atoms with Crippen LogP contribution in [0.5, 0.6) is 0 Å². The summed E-state index contributed by atoms with van der Waals surface area (Å²) in [7, 11) is 0. The molecule has 5 rings (SSSR count). The van der Waals surface area contributed by atoms with E-state index in [4.69, 9.17) is 11.6 Å². The Morgan fingerprint density at radius 3 is 2.91 bits per heavy atom. The van der Waals surface area contributed by atoms with Crippen LogP contribution in [0, 0.1) is 5.82 Å². The molecular formula is C23H21ClFN5OS. The maximum Gasteiger partial charge on any atom is 0.263 e. The molecule has 1 amide bonds. The molecular weight excluding hydrogens is 449 g/mol. The first-order chi connectivity index (χ1) is 15.3. The van der Waals surface area contributed by atoms with Crippen molar-refractivity contribution in [2.75, 3.05) is 16.8 Å². The lowest BCUT2D eigenvalue weighted by molar-refractivity contribution is 0.0968. The Morgan fingerprint density at radius 2 is 2.09 bits per heavy atom. The van der Waals surface area contributed by atoms with Gasteiger partial charge in [-0.3, -0.25) is 9.69 Å². The summed E-state index contributed by atoms with van der Waals surface area (Å²) in [6.45, 7) is 5.52. The molecule has 0 fully saturated rings. The number of hydrogen-bond acceptors (Lipinski definition) is 6. The van der Waals surface area contributed by atoms with Crippen molar-refractivity contribution < 1.29 is 9.18 Å². The molecule has 3 aromatic rings. The van der Waals surface area contributed by atoms with E-state index in [1.165, 1.54) is 46.1 Å². The monoisotopic (exact) mass is 469 g/mol. The Bertz CT molecular complexity index is 1210. The van der Waals surface area contributed by atoms with E-state index in [0.717, 1.165) is 25.2 Å². The summed E-state index contributed by atoms with van der Waals surface area (Å²) in [5.74, 6) is -0.528. The van der Waals surface area contributed by atoms with E-state index in [0.29, 0.717) is 16.5 Å². The molecule has 1 aromatic heterocycles. The molecule has 0 unspecified atom stereocenters. The largest absolute Gasteiger partial charge is 0.324 e. The molecule has 164 valence electrons. The van der Waals surface area contributed by atoms with E-state index in [-0.39, 0.29) is 16.6 Å². The minimum absolute atomic E-state index is 0.0630. The van der Waals surface area contributed by atoms with Crippen LogP contribution in [0.15, 0.2) is 47.6 Å². The SMILES string of the molecule is CC1(C)Sc2nc(Nc3ccc4c(c3)CCNC4)ncc2C(=O)N1c1c(F)cccc1Cl. The van der Waals surface area contributed by atoms with Crippen LogP contribution in [0.25, 0.3) is 0 Å². The van der Waals surface area contributed by atoms with Crippen molar-refractivity contribution in [1.82, 2.24) is 15.3 Å². The van der Waals surface area contributed by atoms with E-state index < -0.39 is 10.7 Å². The van der Waals surface area contributed by atoms with Crippen LogP contribution in [0.3, 0.4) is 0 Å². The van der Waals surface area contributed by atoms with Crippen molar-refractivity contribution >= 4 is 46.6 Å². The van der Waals surface area contributed by atoms with Gasteiger partial charge < -0.3 is 10.6 Å². The fraction of sp³-hybridized carbons (Fsp3) is 0.261. The van der Waals surface area contributed by atoms with Crippen LogP contribution < -0.4 is 15.5 Å². The Balaban J connectivity index is 1.47. The smallest absolute Gasteiger partial charge is 0.263 e. The summed E-state index contributed by atoms with van der Waals surface area (Å²) < 4.78 is 14.6. The van der Waals surface area contributed by atoms with Gasteiger partial charge in [-0.25, -0.2) is 14.4 Å². The maximum atomic E-state index is 14.6. The maximum absolute atomic E-state index is 14.6. The molecule has 0 spiro atoms. The number of rotatable bonds is 3. The average Bonchev–Trinajstić information content (AvgIpc) is 2.75. The number of carbonyl (C=O) groups excluding carboxylic acids is 1. The third kappa shape index (κ3) is 3.72. The highest BCUT2D eigenvalue weighted by Gasteiger charge is 2.43. The number of fused-ring (bicyclic) bond motifs is 2. The second kappa shape index (κ2) is 8.03. The van der Waals surface area contributed by atoms with Gasteiger partial charge in [0.1, 0.15) is 10.8 Å². The molecule has 2 N–H and O–H groups in total. The van der Waals surface area contributed by atoms with Crippen molar-refractivity contribution in [2.45, 2.75) is 36.7 Å². The number of carbonyl (C=O) groups is 1. The predicted molar refractivity (Wildman–Crippen MR) is 125 cm³/mol. The number of halogens is 2. The first kappa shape index (κ1) is 21.2. The lowest BCUT2D eigenvalue weighted by Gasteiger charge is -2.41. The highest BCUT2D eigenvalue weighted by atomic mass is 35.5. The highest BCUT2D eigenvalue weighted by molar-refractivity contribution is 8.00. The van der Waals surface area contributed by atoms with Crippen molar-refractivity contribution in [2.24, 2.45) is 0 Å². The molecule has 0 saturated carbocycles.